The first kappa shape index (κ1) is 15.2. The van der Waals surface area contributed by atoms with Crippen LogP contribution in [0, 0.1) is 5.92 Å². The van der Waals surface area contributed by atoms with Crippen LogP contribution in [0.1, 0.15) is 38.1 Å². The van der Waals surface area contributed by atoms with Crippen molar-refractivity contribution in [3.05, 3.63) is 34.9 Å². The zero-order chi connectivity index (χ0) is 13.7. The second-order valence-electron chi connectivity index (χ2n) is 5.03. The summed E-state index contributed by atoms with van der Waals surface area (Å²) in [5, 5.41) is 0.661. The molecule has 1 aromatic carbocycles. The number of rotatable bonds is 6. The van der Waals surface area contributed by atoms with Crippen molar-refractivity contribution in [1.82, 2.24) is 4.90 Å². The highest BCUT2D eigenvalue weighted by molar-refractivity contribution is 6.30. The molecule has 0 amide bonds. The second-order valence-corrected chi connectivity index (χ2v) is 5.46. The standard InChI is InChI=1S/C15H22ClNO/c1-5-17(10-11(2)3)12(4)15(18)13-6-8-14(16)9-7-13/h6-9,11-12H,5,10H2,1-4H3. The van der Waals surface area contributed by atoms with Crippen molar-refractivity contribution in [3.63, 3.8) is 0 Å². The average Bonchev–Trinajstić information content (AvgIpc) is 2.35. The van der Waals surface area contributed by atoms with Gasteiger partial charge in [-0.25, -0.2) is 0 Å². The van der Waals surface area contributed by atoms with E-state index in [1.54, 1.807) is 24.3 Å². The molecule has 0 saturated carbocycles. The molecule has 0 aliphatic carbocycles. The van der Waals surface area contributed by atoms with E-state index in [2.05, 4.69) is 25.7 Å². The topological polar surface area (TPSA) is 20.3 Å². The van der Waals surface area contributed by atoms with Gasteiger partial charge in [0.2, 0.25) is 0 Å². The zero-order valence-corrected chi connectivity index (χ0v) is 12.4. The average molecular weight is 268 g/mol. The lowest BCUT2D eigenvalue weighted by Crippen LogP contribution is -2.41. The fraction of sp³-hybridized carbons (Fsp3) is 0.533. The number of likely N-dealkylation sites (N-methyl/N-ethyl adjacent to an activating group) is 1. The summed E-state index contributed by atoms with van der Waals surface area (Å²) in [6, 6.07) is 7.04. The number of nitrogens with zero attached hydrogens (tertiary/aromatic N) is 1. The smallest absolute Gasteiger partial charge is 0.179 e. The van der Waals surface area contributed by atoms with Crippen molar-refractivity contribution in [1.29, 1.82) is 0 Å². The molecule has 1 atom stereocenters. The van der Waals surface area contributed by atoms with Gasteiger partial charge in [-0.1, -0.05) is 32.4 Å². The SMILES string of the molecule is CCN(CC(C)C)C(C)C(=O)c1ccc(Cl)cc1. The highest BCUT2D eigenvalue weighted by Gasteiger charge is 2.21. The van der Waals surface area contributed by atoms with Crippen LogP contribution in [0.5, 0.6) is 0 Å². The molecular weight excluding hydrogens is 246 g/mol. The summed E-state index contributed by atoms with van der Waals surface area (Å²) in [6.45, 7) is 10.2. The van der Waals surface area contributed by atoms with E-state index in [9.17, 15) is 4.79 Å². The molecule has 0 aliphatic heterocycles. The summed E-state index contributed by atoms with van der Waals surface area (Å²) >= 11 is 5.83. The molecule has 0 aromatic heterocycles. The van der Waals surface area contributed by atoms with Crippen molar-refractivity contribution in [2.45, 2.75) is 33.7 Å². The van der Waals surface area contributed by atoms with Gasteiger partial charge in [0.1, 0.15) is 0 Å². The van der Waals surface area contributed by atoms with Gasteiger partial charge in [-0.3, -0.25) is 9.69 Å². The van der Waals surface area contributed by atoms with E-state index < -0.39 is 0 Å². The summed E-state index contributed by atoms with van der Waals surface area (Å²) in [6.07, 6.45) is 0. The van der Waals surface area contributed by atoms with Crippen LogP contribution in [0.25, 0.3) is 0 Å². The molecule has 0 heterocycles. The number of benzene rings is 1. The Morgan fingerprint density at radius 2 is 1.78 bits per heavy atom. The van der Waals surface area contributed by atoms with Crippen LogP contribution in [-0.2, 0) is 0 Å². The first-order valence-electron chi connectivity index (χ1n) is 6.49. The molecule has 0 saturated heterocycles. The predicted molar refractivity (Wildman–Crippen MR) is 77.3 cm³/mol. The van der Waals surface area contributed by atoms with Crippen molar-refractivity contribution in [2.75, 3.05) is 13.1 Å². The minimum atomic E-state index is -0.0847. The van der Waals surface area contributed by atoms with Gasteiger partial charge in [0.25, 0.3) is 0 Å². The summed E-state index contributed by atoms with van der Waals surface area (Å²) in [4.78, 5) is 14.6. The molecule has 1 aromatic rings. The molecule has 1 unspecified atom stereocenters. The van der Waals surface area contributed by atoms with Crippen LogP contribution in [0.4, 0.5) is 0 Å². The van der Waals surface area contributed by atoms with Crippen LogP contribution in [0.3, 0.4) is 0 Å². The maximum atomic E-state index is 12.4. The Morgan fingerprint density at radius 1 is 1.22 bits per heavy atom. The Kier molecular flexibility index (Phi) is 5.83. The number of carbonyl (C=O) groups excluding carboxylic acids is 1. The molecule has 2 nitrogen and oxygen atoms in total. The molecule has 0 spiro atoms. The number of carbonyl (C=O) groups is 1. The van der Waals surface area contributed by atoms with Crippen molar-refractivity contribution < 1.29 is 4.79 Å². The monoisotopic (exact) mass is 267 g/mol. The molecule has 0 fully saturated rings. The van der Waals surface area contributed by atoms with Crippen LogP contribution >= 0.6 is 11.6 Å². The van der Waals surface area contributed by atoms with E-state index in [-0.39, 0.29) is 11.8 Å². The molecule has 1 rings (SSSR count). The Hall–Kier alpha value is -0.860. The maximum absolute atomic E-state index is 12.4. The van der Waals surface area contributed by atoms with Gasteiger partial charge in [0.05, 0.1) is 6.04 Å². The molecule has 0 bridgehead atoms. The molecule has 3 heteroatoms. The van der Waals surface area contributed by atoms with Crippen LogP contribution in [0.15, 0.2) is 24.3 Å². The van der Waals surface area contributed by atoms with Gasteiger partial charge >= 0.3 is 0 Å². The number of hydrogen-bond donors (Lipinski definition) is 0. The van der Waals surface area contributed by atoms with Crippen molar-refractivity contribution in [3.8, 4) is 0 Å². The third-order valence-electron chi connectivity index (χ3n) is 3.06. The lowest BCUT2D eigenvalue weighted by atomic mass is 10.0. The largest absolute Gasteiger partial charge is 0.294 e. The van der Waals surface area contributed by atoms with Crippen LogP contribution < -0.4 is 0 Å². The number of halogens is 1. The Labute approximate surface area is 115 Å². The Morgan fingerprint density at radius 3 is 2.22 bits per heavy atom. The predicted octanol–water partition coefficient (Wildman–Crippen LogP) is 3.89. The first-order valence-corrected chi connectivity index (χ1v) is 6.87. The molecule has 18 heavy (non-hydrogen) atoms. The fourth-order valence-corrected chi connectivity index (χ4v) is 2.18. The fourth-order valence-electron chi connectivity index (χ4n) is 2.05. The molecule has 0 aliphatic rings. The third kappa shape index (κ3) is 4.11. The van der Waals surface area contributed by atoms with Gasteiger partial charge in [0, 0.05) is 17.1 Å². The molecule has 100 valence electrons. The van der Waals surface area contributed by atoms with Crippen molar-refractivity contribution >= 4 is 17.4 Å². The summed E-state index contributed by atoms with van der Waals surface area (Å²) in [5.41, 5.74) is 0.731. The first-order chi connectivity index (χ1) is 8.45. The van der Waals surface area contributed by atoms with Gasteiger partial charge < -0.3 is 0 Å². The van der Waals surface area contributed by atoms with E-state index >= 15 is 0 Å². The highest BCUT2D eigenvalue weighted by Crippen LogP contribution is 2.14. The lowest BCUT2D eigenvalue weighted by Gasteiger charge is -2.28. The number of hydrogen-bond acceptors (Lipinski definition) is 2. The van der Waals surface area contributed by atoms with E-state index in [1.807, 2.05) is 6.92 Å². The van der Waals surface area contributed by atoms with E-state index in [1.165, 1.54) is 0 Å². The van der Waals surface area contributed by atoms with Crippen LogP contribution in [-0.4, -0.2) is 29.8 Å². The van der Waals surface area contributed by atoms with Crippen LogP contribution in [0.2, 0.25) is 5.02 Å². The minimum Gasteiger partial charge on any atom is -0.294 e. The minimum absolute atomic E-state index is 0.0847. The summed E-state index contributed by atoms with van der Waals surface area (Å²) in [5.74, 6) is 0.722. The Bertz CT molecular complexity index is 386. The lowest BCUT2D eigenvalue weighted by molar-refractivity contribution is 0.0829. The number of Topliss-reactive ketones (excluding diaryl/α,β-unsaturated/α-hetero) is 1. The summed E-state index contributed by atoms with van der Waals surface area (Å²) in [7, 11) is 0. The quantitative estimate of drug-likeness (QED) is 0.729. The maximum Gasteiger partial charge on any atom is 0.179 e. The van der Waals surface area contributed by atoms with Gasteiger partial charge in [0.15, 0.2) is 5.78 Å². The molecular formula is C15H22ClNO. The normalized spacial score (nSPS) is 13.1. The zero-order valence-electron chi connectivity index (χ0n) is 11.6. The van der Waals surface area contributed by atoms with E-state index in [0.717, 1.165) is 18.7 Å². The van der Waals surface area contributed by atoms with E-state index in [4.69, 9.17) is 11.6 Å². The second kappa shape index (κ2) is 6.91. The van der Waals surface area contributed by atoms with Gasteiger partial charge in [-0.2, -0.15) is 0 Å². The third-order valence-corrected chi connectivity index (χ3v) is 3.31. The number of ketones is 1. The van der Waals surface area contributed by atoms with Gasteiger partial charge in [-0.15, -0.1) is 0 Å². The Balaban J connectivity index is 2.78. The molecule has 0 radical (unpaired) electrons. The van der Waals surface area contributed by atoms with Gasteiger partial charge in [-0.05, 0) is 43.7 Å². The van der Waals surface area contributed by atoms with E-state index in [0.29, 0.717) is 10.9 Å². The highest BCUT2D eigenvalue weighted by atomic mass is 35.5. The van der Waals surface area contributed by atoms with Crippen molar-refractivity contribution in [2.24, 2.45) is 5.92 Å². The summed E-state index contributed by atoms with van der Waals surface area (Å²) < 4.78 is 0. The molecule has 0 N–H and O–H groups in total.